The van der Waals surface area contributed by atoms with E-state index in [-0.39, 0.29) is 6.10 Å². The number of hydrogen-bond donors (Lipinski definition) is 1. The first-order chi connectivity index (χ1) is 5.66. The number of amides is 1. The van der Waals surface area contributed by atoms with Gasteiger partial charge in [-0.2, -0.15) is 0 Å². The molecule has 3 nitrogen and oxygen atoms in total. The average Bonchev–Trinajstić information content (AvgIpc) is 1.97. The summed E-state index contributed by atoms with van der Waals surface area (Å²) in [5.74, 6) is 0.459. The van der Waals surface area contributed by atoms with E-state index in [1.165, 1.54) is 0 Å². The maximum absolute atomic E-state index is 10.8. The molecule has 0 saturated heterocycles. The van der Waals surface area contributed by atoms with E-state index < -0.39 is 6.09 Å². The van der Waals surface area contributed by atoms with Gasteiger partial charge >= 0.3 is 6.09 Å². The van der Waals surface area contributed by atoms with E-state index in [2.05, 4.69) is 5.32 Å². The smallest absolute Gasteiger partial charge is 0.407 e. The third-order valence-corrected chi connectivity index (χ3v) is 1.14. The molecule has 0 spiro atoms. The zero-order chi connectivity index (χ0) is 9.40. The van der Waals surface area contributed by atoms with Crippen molar-refractivity contribution < 1.29 is 9.53 Å². The van der Waals surface area contributed by atoms with Gasteiger partial charge in [-0.05, 0) is 13.8 Å². The fourth-order valence-electron chi connectivity index (χ4n) is 0.544. The Balaban J connectivity index is 3.38. The molecule has 0 radical (unpaired) electrons. The molecule has 0 aliphatic heterocycles. The van der Waals surface area contributed by atoms with Gasteiger partial charge in [0, 0.05) is 12.4 Å². The van der Waals surface area contributed by atoms with Gasteiger partial charge in [0.2, 0.25) is 0 Å². The third-order valence-electron chi connectivity index (χ3n) is 0.963. The second kappa shape index (κ2) is 6.98. The summed E-state index contributed by atoms with van der Waals surface area (Å²) in [6.45, 7) is 4.06. The van der Waals surface area contributed by atoms with E-state index in [1.807, 2.05) is 0 Å². The molecule has 0 saturated carbocycles. The lowest BCUT2D eigenvalue weighted by Crippen LogP contribution is -2.26. The molecule has 0 unspecified atom stereocenters. The van der Waals surface area contributed by atoms with Crippen molar-refractivity contribution in [3.05, 3.63) is 12.2 Å². The number of carbonyl (C=O) groups excluding carboxylic acids is 1. The molecule has 0 bridgehead atoms. The Bertz CT molecular complexity index is 157. The molecule has 0 fully saturated rings. The Hall–Kier alpha value is -0.700. The van der Waals surface area contributed by atoms with Crippen LogP contribution in [0, 0.1) is 0 Å². The molecule has 0 heterocycles. The molecule has 1 amide bonds. The average molecular weight is 192 g/mol. The molecule has 12 heavy (non-hydrogen) atoms. The van der Waals surface area contributed by atoms with Crippen molar-refractivity contribution in [2.24, 2.45) is 0 Å². The van der Waals surface area contributed by atoms with Crippen LogP contribution in [0.3, 0.4) is 0 Å². The van der Waals surface area contributed by atoms with Gasteiger partial charge in [0.05, 0.1) is 6.10 Å². The van der Waals surface area contributed by atoms with Crippen LogP contribution in [0.15, 0.2) is 12.2 Å². The highest BCUT2D eigenvalue weighted by Gasteiger charge is 2.00. The highest BCUT2D eigenvalue weighted by atomic mass is 35.5. The summed E-state index contributed by atoms with van der Waals surface area (Å²) in [7, 11) is 0. The molecule has 0 aromatic heterocycles. The summed E-state index contributed by atoms with van der Waals surface area (Å²) in [5, 5.41) is 2.54. The van der Waals surface area contributed by atoms with E-state index >= 15 is 0 Å². The molecule has 70 valence electrons. The second-order valence-electron chi connectivity index (χ2n) is 2.46. The monoisotopic (exact) mass is 191 g/mol. The van der Waals surface area contributed by atoms with Gasteiger partial charge in [-0.25, -0.2) is 4.79 Å². The zero-order valence-electron chi connectivity index (χ0n) is 7.34. The van der Waals surface area contributed by atoms with Crippen LogP contribution in [-0.4, -0.2) is 24.6 Å². The summed E-state index contributed by atoms with van der Waals surface area (Å²) in [6, 6.07) is 0. The van der Waals surface area contributed by atoms with Crippen LogP contribution in [0.1, 0.15) is 13.8 Å². The highest BCUT2D eigenvalue weighted by molar-refractivity contribution is 6.18. The number of carbonyl (C=O) groups is 1. The van der Waals surface area contributed by atoms with Crippen molar-refractivity contribution in [2.75, 3.05) is 12.4 Å². The zero-order valence-corrected chi connectivity index (χ0v) is 8.10. The molecule has 0 aromatic carbocycles. The van der Waals surface area contributed by atoms with E-state index in [9.17, 15) is 4.79 Å². The van der Waals surface area contributed by atoms with Crippen LogP contribution in [0.25, 0.3) is 0 Å². The Morgan fingerprint density at radius 1 is 1.58 bits per heavy atom. The van der Waals surface area contributed by atoms with Gasteiger partial charge in [-0.15, -0.1) is 11.6 Å². The fraction of sp³-hybridized carbons (Fsp3) is 0.625. The van der Waals surface area contributed by atoms with E-state index in [0.29, 0.717) is 12.4 Å². The molecular formula is C8H14ClNO2. The summed E-state index contributed by atoms with van der Waals surface area (Å²) in [5.41, 5.74) is 0. The molecule has 0 aliphatic rings. The van der Waals surface area contributed by atoms with Crippen molar-refractivity contribution in [3.63, 3.8) is 0 Å². The maximum Gasteiger partial charge on any atom is 0.407 e. The van der Waals surface area contributed by atoms with Crippen molar-refractivity contribution in [3.8, 4) is 0 Å². The molecule has 4 heteroatoms. The van der Waals surface area contributed by atoms with Crippen molar-refractivity contribution in [1.82, 2.24) is 5.32 Å². The van der Waals surface area contributed by atoms with Gasteiger partial charge in [0.25, 0.3) is 0 Å². The minimum absolute atomic E-state index is 0.0815. The van der Waals surface area contributed by atoms with Crippen LogP contribution >= 0.6 is 11.6 Å². The van der Waals surface area contributed by atoms with Crippen molar-refractivity contribution in [2.45, 2.75) is 20.0 Å². The molecule has 0 aromatic rings. The predicted molar refractivity (Wildman–Crippen MR) is 49.5 cm³/mol. The molecule has 0 atom stereocenters. The van der Waals surface area contributed by atoms with Gasteiger partial charge in [0.15, 0.2) is 0 Å². The van der Waals surface area contributed by atoms with E-state index in [1.54, 1.807) is 26.0 Å². The van der Waals surface area contributed by atoms with E-state index in [4.69, 9.17) is 16.3 Å². The number of hydrogen-bond acceptors (Lipinski definition) is 2. The minimum Gasteiger partial charge on any atom is -0.447 e. The molecular weight excluding hydrogens is 178 g/mol. The van der Waals surface area contributed by atoms with Crippen LogP contribution in [0.5, 0.6) is 0 Å². The first-order valence-electron chi connectivity index (χ1n) is 3.82. The summed E-state index contributed by atoms with van der Waals surface area (Å²) < 4.78 is 4.81. The van der Waals surface area contributed by atoms with Crippen molar-refractivity contribution in [1.29, 1.82) is 0 Å². The Kier molecular flexibility index (Phi) is 6.57. The number of halogens is 1. The van der Waals surface area contributed by atoms with Crippen molar-refractivity contribution >= 4 is 17.7 Å². The Morgan fingerprint density at radius 3 is 2.75 bits per heavy atom. The second-order valence-corrected chi connectivity index (χ2v) is 2.77. The molecule has 1 N–H and O–H groups in total. The van der Waals surface area contributed by atoms with Crippen LogP contribution in [-0.2, 0) is 4.74 Å². The standard InChI is InChI=1S/C8H14ClNO2/c1-7(2)12-8(11)10-6-4-3-5-9/h3-4,7H,5-6H2,1-2H3,(H,10,11)/b4-3+. The SMILES string of the molecule is CC(C)OC(=O)NC/C=C/CCl. The van der Waals surface area contributed by atoms with Crippen LogP contribution in [0.2, 0.25) is 0 Å². The van der Waals surface area contributed by atoms with Gasteiger partial charge in [0.1, 0.15) is 0 Å². The summed E-state index contributed by atoms with van der Waals surface area (Å²) in [4.78, 5) is 10.8. The van der Waals surface area contributed by atoms with E-state index in [0.717, 1.165) is 0 Å². The molecule has 0 aliphatic carbocycles. The van der Waals surface area contributed by atoms with Crippen LogP contribution < -0.4 is 5.32 Å². The quantitative estimate of drug-likeness (QED) is 0.545. The summed E-state index contributed by atoms with van der Waals surface area (Å²) >= 11 is 5.37. The summed E-state index contributed by atoms with van der Waals surface area (Å²) in [6.07, 6.45) is 3.05. The largest absolute Gasteiger partial charge is 0.447 e. The first kappa shape index (κ1) is 11.3. The normalized spacial score (nSPS) is 10.7. The maximum atomic E-state index is 10.8. The van der Waals surface area contributed by atoms with Gasteiger partial charge in [-0.3, -0.25) is 0 Å². The predicted octanol–water partition coefficient (Wildman–Crippen LogP) is 1.92. The number of nitrogens with one attached hydrogen (secondary N) is 1. The van der Waals surface area contributed by atoms with Crippen LogP contribution in [0.4, 0.5) is 4.79 Å². The fourth-order valence-corrected chi connectivity index (χ4v) is 0.670. The lowest BCUT2D eigenvalue weighted by atomic mass is 10.5. The lowest BCUT2D eigenvalue weighted by molar-refractivity contribution is 0.116. The number of rotatable bonds is 4. The highest BCUT2D eigenvalue weighted by Crippen LogP contribution is 1.87. The number of ether oxygens (including phenoxy) is 1. The number of alkyl carbamates (subject to hydrolysis) is 1. The topological polar surface area (TPSA) is 38.3 Å². The number of alkyl halides is 1. The third kappa shape index (κ3) is 7.41. The minimum atomic E-state index is -0.399. The van der Waals surface area contributed by atoms with Gasteiger partial charge < -0.3 is 10.1 Å². The lowest BCUT2D eigenvalue weighted by Gasteiger charge is -2.07. The molecule has 0 rings (SSSR count). The van der Waals surface area contributed by atoms with Gasteiger partial charge in [-0.1, -0.05) is 12.2 Å². The Morgan fingerprint density at radius 2 is 2.25 bits per heavy atom. The number of allylic oxidation sites excluding steroid dienone is 1. The first-order valence-corrected chi connectivity index (χ1v) is 4.35. The Labute approximate surface area is 77.7 Å².